The fraction of sp³-hybridized carbons (Fsp3) is 0.333. The molecule has 150 valence electrons. The zero-order valence-electron chi connectivity index (χ0n) is 16.2. The normalized spacial score (nSPS) is 18.2. The molecule has 8 nitrogen and oxygen atoms in total. The van der Waals surface area contributed by atoms with E-state index < -0.39 is 11.8 Å². The summed E-state index contributed by atoms with van der Waals surface area (Å²) in [7, 11) is 0. The molecule has 0 unspecified atom stereocenters. The van der Waals surface area contributed by atoms with Crippen LogP contribution in [0.1, 0.15) is 42.0 Å². The Hall–Kier alpha value is -3.42. The van der Waals surface area contributed by atoms with E-state index in [1.165, 1.54) is 6.20 Å². The fourth-order valence-corrected chi connectivity index (χ4v) is 3.95. The summed E-state index contributed by atoms with van der Waals surface area (Å²) in [4.78, 5) is 42.8. The molecule has 3 heterocycles. The van der Waals surface area contributed by atoms with E-state index in [2.05, 4.69) is 15.6 Å². The topological polar surface area (TPSA) is 117 Å². The highest BCUT2D eigenvalue weighted by Crippen LogP contribution is 2.34. The van der Waals surface area contributed by atoms with Crippen LogP contribution in [-0.4, -0.2) is 34.2 Å². The number of pyridine rings is 1. The maximum absolute atomic E-state index is 12.9. The maximum atomic E-state index is 12.9. The van der Waals surface area contributed by atoms with Gasteiger partial charge in [-0.2, -0.15) is 0 Å². The molecule has 4 N–H and O–H groups in total. The highest BCUT2D eigenvalue weighted by atomic mass is 16.2. The van der Waals surface area contributed by atoms with E-state index in [0.29, 0.717) is 24.5 Å². The highest BCUT2D eigenvalue weighted by Gasteiger charge is 2.32. The molecule has 1 atom stereocenters. The van der Waals surface area contributed by atoms with Crippen LogP contribution >= 0.6 is 0 Å². The number of benzene rings is 1. The van der Waals surface area contributed by atoms with E-state index in [1.807, 2.05) is 18.2 Å². The van der Waals surface area contributed by atoms with Gasteiger partial charge in [-0.25, -0.2) is 4.98 Å². The lowest BCUT2D eigenvalue weighted by molar-refractivity contribution is -0.145. The number of nitrogens with zero attached hydrogens (tertiary/aromatic N) is 2. The first kappa shape index (κ1) is 18.9. The number of fused-ring (bicyclic) bond motifs is 1. The molecule has 0 bridgehead atoms. The first-order valence-corrected chi connectivity index (χ1v) is 9.69. The van der Waals surface area contributed by atoms with E-state index in [0.717, 1.165) is 41.6 Å². The number of piperidine rings is 1. The predicted molar refractivity (Wildman–Crippen MR) is 109 cm³/mol. The van der Waals surface area contributed by atoms with Crippen molar-refractivity contribution in [1.29, 1.82) is 0 Å². The van der Waals surface area contributed by atoms with Crippen molar-refractivity contribution >= 4 is 34.9 Å². The molecule has 29 heavy (non-hydrogen) atoms. The summed E-state index contributed by atoms with van der Waals surface area (Å²) in [5.41, 5.74) is 9.56. The van der Waals surface area contributed by atoms with Gasteiger partial charge in [-0.3, -0.25) is 14.4 Å². The second kappa shape index (κ2) is 7.54. The van der Waals surface area contributed by atoms with Gasteiger partial charge in [-0.05, 0) is 55.0 Å². The van der Waals surface area contributed by atoms with Gasteiger partial charge in [0.1, 0.15) is 5.82 Å². The number of amides is 3. The second-order valence-corrected chi connectivity index (χ2v) is 7.53. The Morgan fingerprint density at radius 3 is 2.90 bits per heavy atom. The molecule has 2 aromatic rings. The summed E-state index contributed by atoms with van der Waals surface area (Å²) >= 11 is 0. The van der Waals surface area contributed by atoms with Crippen molar-refractivity contribution in [2.24, 2.45) is 0 Å². The van der Waals surface area contributed by atoms with Gasteiger partial charge in [0, 0.05) is 12.2 Å². The molecule has 1 fully saturated rings. The minimum absolute atomic E-state index is 0.0273. The highest BCUT2D eigenvalue weighted by molar-refractivity contribution is 6.39. The predicted octanol–water partition coefficient (Wildman–Crippen LogP) is 2.16. The molecule has 3 amide bonds. The number of likely N-dealkylation sites (tertiary alicyclic amines) is 1. The van der Waals surface area contributed by atoms with Crippen LogP contribution in [0.25, 0.3) is 0 Å². The van der Waals surface area contributed by atoms with Crippen molar-refractivity contribution in [3.8, 4) is 0 Å². The zero-order chi connectivity index (χ0) is 20.5. The quantitative estimate of drug-likeness (QED) is 0.676. The SMILES string of the molecule is Cc1cc(NC(=O)C(=O)N2CCCC[C@H]2c2ccc3c(c2)CC(=O)N3)cnc1N. The van der Waals surface area contributed by atoms with Crippen LogP contribution in [-0.2, 0) is 20.8 Å². The first-order valence-electron chi connectivity index (χ1n) is 9.69. The van der Waals surface area contributed by atoms with Crippen molar-refractivity contribution in [2.45, 2.75) is 38.6 Å². The van der Waals surface area contributed by atoms with Crippen LogP contribution in [0.15, 0.2) is 30.5 Å². The number of aromatic nitrogens is 1. The Labute approximate surface area is 168 Å². The van der Waals surface area contributed by atoms with E-state index in [1.54, 1.807) is 17.9 Å². The minimum atomic E-state index is -0.694. The molecule has 4 rings (SSSR count). The number of hydrogen-bond donors (Lipinski definition) is 3. The van der Waals surface area contributed by atoms with Crippen molar-refractivity contribution < 1.29 is 14.4 Å². The molecule has 2 aliphatic rings. The Bertz CT molecular complexity index is 1000. The molecule has 0 saturated carbocycles. The van der Waals surface area contributed by atoms with Crippen LogP contribution in [0.2, 0.25) is 0 Å². The third kappa shape index (κ3) is 3.78. The summed E-state index contributed by atoms with van der Waals surface area (Å²) in [5.74, 6) is -0.907. The Morgan fingerprint density at radius 2 is 2.10 bits per heavy atom. The van der Waals surface area contributed by atoms with Gasteiger partial charge in [0.25, 0.3) is 0 Å². The third-order valence-corrected chi connectivity index (χ3v) is 5.47. The summed E-state index contributed by atoms with van der Waals surface area (Å²) in [6.07, 6.45) is 4.38. The van der Waals surface area contributed by atoms with E-state index in [-0.39, 0.29) is 11.9 Å². The van der Waals surface area contributed by atoms with Crippen LogP contribution < -0.4 is 16.4 Å². The standard InChI is InChI=1S/C21H23N5O3/c1-12-8-15(11-23-19(12)22)24-20(28)21(29)26-7-3-2-4-17(26)13-5-6-16-14(9-13)10-18(27)25-16/h5-6,8-9,11,17H,2-4,7,10H2,1H3,(H2,22,23)(H,24,28)(H,25,27)/t17-/m0/s1. The van der Waals surface area contributed by atoms with E-state index in [4.69, 9.17) is 5.73 Å². The Kier molecular flexibility index (Phi) is 4.92. The monoisotopic (exact) mass is 393 g/mol. The first-order chi connectivity index (χ1) is 13.9. The average Bonchev–Trinajstić information content (AvgIpc) is 3.09. The minimum Gasteiger partial charge on any atom is -0.383 e. The zero-order valence-corrected chi connectivity index (χ0v) is 16.2. The van der Waals surface area contributed by atoms with Gasteiger partial charge in [-0.15, -0.1) is 0 Å². The number of nitrogens with one attached hydrogen (secondary N) is 2. The fourth-order valence-electron chi connectivity index (χ4n) is 3.95. The van der Waals surface area contributed by atoms with Crippen LogP contribution in [0.5, 0.6) is 0 Å². The molecular weight excluding hydrogens is 370 g/mol. The molecule has 2 aliphatic heterocycles. The molecule has 1 aromatic heterocycles. The lowest BCUT2D eigenvalue weighted by Gasteiger charge is -2.35. The lowest BCUT2D eigenvalue weighted by atomic mass is 9.93. The van der Waals surface area contributed by atoms with Gasteiger partial charge in [0.15, 0.2) is 0 Å². The number of aryl methyl sites for hydroxylation is 1. The van der Waals surface area contributed by atoms with Crippen molar-refractivity contribution in [3.63, 3.8) is 0 Å². The summed E-state index contributed by atoms with van der Waals surface area (Å²) < 4.78 is 0. The molecular formula is C21H23N5O3. The summed E-state index contributed by atoms with van der Waals surface area (Å²) in [6.45, 7) is 2.30. The van der Waals surface area contributed by atoms with Gasteiger partial charge in [-0.1, -0.05) is 12.1 Å². The van der Waals surface area contributed by atoms with Crippen molar-refractivity contribution in [2.75, 3.05) is 22.9 Å². The largest absolute Gasteiger partial charge is 0.383 e. The van der Waals surface area contributed by atoms with E-state index in [9.17, 15) is 14.4 Å². The molecule has 0 aliphatic carbocycles. The second-order valence-electron chi connectivity index (χ2n) is 7.53. The number of hydrogen-bond acceptors (Lipinski definition) is 5. The van der Waals surface area contributed by atoms with Crippen LogP contribution in [0.4, 0.5) is 17.2 Å². The summed E-state index contributed by atoms with van der Waals surface area (Å²) in [6, 6.07) is 7.26. The Morgan fingerprint density at radius 1 is 1.28 bits per heavy atom. The average molecular weight is 393 g/mol. The third-order valence-electron chi connectivity index (χ3n) is 5.47. The van der Waals surface area contributed by atoms with Gasteiger partial charge in [0.05, 0.1) is 24.3 Å². The van der Waals surface area contributed by atoms with Gasteiger partial charge in [0.2, 0.25) is 5.91 Å². The number of nitrogen functional groups attached to an aromatic ring is 1. The van der Waals surface area contributed by atoms with Crippen molar-refractivity contribution in [1.82, 2.24) is 9.88 Å². The van der Waals surface area contributed by atoms with Gasteiger partial charge < -0.3 is 21.3 Å². The lowest BCUT2D eigenvalue weighted by Crippen LogP contribution is -2.44. The molecule has 0 radical (unpaired) electrons. The van der Waals surface area contributed by atoms with Crippen LogP contribution in [0, 0.1) is 6.92 Å². The van der Waals surface area contributed by atoms with Gasteiger partial charge >= 0.3 is 11.8 Å². The Balaban J connectivity index is 1.53. The van der Waals surface area contributed by atoms with Crippen LogP contribution in [0.3, 0.4) is 0 Å². The molecule has 0 spiro atoms. The van der Waals surface area contributed by atoms with Crippen molar-refractivity contribution in [3.05, 3.63) is 47.2 Å². The molecule has 8 heteroatoms. The number of nitrogens with two attached hydrogens (primary N) is 1. The number of anilines is 3. The van der Waals surface area contributed by atoms with E-state index >= 15 is 0 Å². The number of rotatable bonds is 2. The molecule has 1 aromatic carbocycles. The number of carbonyl (C=O) groups is 3. The summed E-state index contributed by atoms with van der Waals surface area (Å²) in [5, 5.41) is 5.44. The maximum Gasteiger partial charge on any atom is 0.313 e. The smallest absolute Gasteiger partial charge is 0.313 e. The molecule has 1 saturated heterocycles. The number of carbonyl (C=O) groups excluding carboxylic acids is 3.